The number of nitriles is 1. The third kappa shape index (κ3) is 3.07. The monoisotopic (exact) mass is 230 g/mol. The minimum Gasteiger partial charge on any atom is -0.340 e. The summed E-state index contributed by atoms with van der Waals surface area (Å²) in [6.07, 6.45) is 0.529. The van der Waals surface area contributed by atoms with Gasteiger partial charge < -0.3 is 4.90 Å². The van der Waals surface area contributed by atoms with Gasteiger partial charge in [-0.25, -0.2) is 0 Å². The lowest BCUT2D eigenvalue weighted by atomic mass is 9.88. The van der Waals surface area contributed by atoms with E-state index in [9.17, 15) is 4.79 Å². The van der Waals surface area contributed by atoms with Crippen molar-refractivity contribution in [2.75, 3.05) is 7.05 Å². The molecule has 0 heterocycles. The minimum atomic E-state index is -0.913. The SMILES string of the molecule is CCC(C)(C#N)C(=O)N(C)Cc1ccccc1. The second-order valence-corrected chi connectivity index (χ2v) is 4.44. The second-order valence-electron chi connectivity index (χ2n) is 4.44. The Hall–Kier alpha value is -1.82. The van der Waals surface area contributed by atoms with Gasteiger partial charge in [-0.2, -0.15) is 5.26 Å². The molecule has 0 bridgehead atoms. The van der Waals surface area contributed by atoms with Gasteiger partial charge in [-0.05, 0) is 18.9 Å². The van der Waals surface area contributed by atoms with E-state index in [0.717, 1.165) is 5.56 Å². The molecule has 0 radical (unpaired) electrons. The summed E-state index contributed by atoms with van der Waals surface area (Å²) in [5.74, 6) is -0.119. The van der Waals surface area contributed by atoms with Crippen molar-refractivity contribution >= 4 is 5.91 Å². The molecule has 1 aromatic rings. The van der Waals surface area contributed by atoms with Crippen LogP contribution in [0.25, 0.3) is 0 Å². The Morgan fingerprint density at radius 1 is 1.41 bits per heavy atom. The largest absolute Gasteiger partial charge is 0.340 e. The Balaban J connectivity index is 2.75. The molecule has 0 aromatic heterocycles. The molecular formula is C14H18N2O. The fourth-order valence-corrected chi connectivity index (χ4v) is 1.63. The first kappa shape index (κ1) is 13.2. The van der Waals surface area contributed by atoms with Crippen molar-refractivity contribution < 1.29 is 4.79 Å². The molecule has 3 heteroatoms. The molecule has 1 unspecified atom stereocenters. The zero-order chi connectivity index (χ0) is 12.9. The van der Waals surface area contributed by atoms with E-state index in [1.807, 2.05) is 37.3 Å². The number of rotatable bonds is 4. The van der Waals surface area contributed by atoms with Crippen LogP contribution < -0.4 is 0 Å². The summed E-state index contributed by atoms with van der Waals surface area (Å²) in [7, 11) is 1.74. The average Bonchev–Trinajstić information content (AvgIpc) is 2.38. The van der Waals surface area contributed by atoms with Gasteiger partial charge in [0.1, 0.15) is 5.41 Å². The van der Waals surface area contributed by atoms with Gasteiger partial charge in [-0.3, -0.25) is 4.79 Å². The number of nitrogens with zero attached hydrogens (tertiary/aromatic N) is 2. The van der Waals surface area contributed by atoms with Crippen LogP contribution in [-0.2, 0) is 11.3 Å². The van der Waals surface area contributed by atoms with Gasteiger partial charge in [0.2, 0.25) is 5.91 Å². The average molecular weight is 230 g/mol. The van der Waals surface area contributed by atoms with E-state index in [-0.39, 0.29) is 5.91 Å². The molecule has 0 saturated heterocycles. The highest BCUT2D eigenvalue weighted by atomic mass is 16.2. The molecule has 1 amide bonds. The Kier molecular flexibility index (Phi) is 4.28. The fraction of sp³-hybridized carbons (Fsp3) is 0.429. The summed E-state index contributed by atoms with van der Waals surface area (Å²) >= 11 is 0. The summed E-state index contributed by atoms with van der Waals surface area (Å²) < 4.78 is 0. The molecule has 90 valence electrons. The maximum absolute atomic E-state index is 12.1. The van der Waals surface area contributed by atoms with Gasteiger partial charge in [-0.1, -0.05) is 37.3 Å². The molecule has 3 nitrogen and oxygen atoms in total. The van der Waals surface area contributed by atoms with Gasteiger partial charge in [0.05, 0.1) is 6.07 Å². The van der Waals surface area contributed by atoms with Crippen molar-refractivity contribution in [3.8, 4) is 6.07 Å². The van der Waals surface area contributed by atoms with E-state index < -0.39 is 5.41 Å². The molecule has 0 spiro atoms. The third-order valence-electron chi connectivity index (χ3n) is 3.04. The molecule has 0 aliphatic rings. The maximum atomic E-state index is 12.1. The van der Waals surface area contributed by atoms with Crippen LogP contribution in [0, 0.1) is 16.7 Å². The van der Waals surface area contributed by atoms with Crippen molar-refractivity contribution in [2.45, 2.75) is 26.8 Å². The molecule has 0 fully saturated rings. The minimum absolute atomic E-state index is 0.119. The van der Waals surface area contributed by atoms with Crippen LogP contribution in [-0.4, -0.2) is 17.9 Å². The maximum Gasteiger partial charge on any atom is 0.242 e. The topological polar surface area (TPSA) is 44.1 Å². The Morgan fingerprint density at radius 3 is 2.47 bits per heavy atom. The van der Waals surface area contributed by atoms with Gasteiger partial charge in [-0.15, -0.1) is 0 Å². The molecule has 1 atom stereocenters. The number of hydrogen-bond donors (Lipinski definition) is 0. The number of amides is 1. The zero-order valence-corrected chi connectivity index (χ0v) is 10.6. The van der Waals surface area contributed by atoms with Gasteiger partial charge in [0.25, 0.3) is 0 Å². The lowest BCUT2D eigenvalue weighted by Crippen LogP contribution is -2.38. The Labute approximate surface area is 103 Å². The Bertz CT molecular complexity index is 422. The molecule has 0 aliphatic heterocycles. The number of hydrogen-bond acceptors (Lipinski definition) is 2. The van der Waals surface area contributed by atoms with Crippen LogP contribution >= 0.6 is 0 Å². The van der Waals surface area contributed by atoms with Crippen LogP contribution in [0.5, 0.6) is 0 Å². The third-order valence-corrected chi connectivity index (χ3v) is 3.04. The van der Waals surface area contributed by atoms with Crippen molar-refractivity contribution in [3.05, 3.63) is 35.9 Å². The van der Waals surface area contributed by atoms with Crippen molar-refractivity contribution in [1.82, 2.24) is 4.90 Å². The quantitative estimate of drug-likeness (QED) is 0.798. The first-order valence-corrected chi connectivity index (χ1v) is 5.74. The number of carbonyl (C=O) groups is 1. The van der Waals surface area contributed by atoms with Gasteiger partial charge >= 0.3 is 0 Å². The lowest BCUT2D eigenvalue weighted by Gasteiger charge is -2.26. The zero-order valence-electron chi connectivity index (χ0n) is 10.6. The smallest absolute Gasteiger partial charge is 0.242 e. The summed E-state index contributed by atoms with van der Waals surface area (Å²) in [5.41, 5.74) is 0.156. The molecular weight excluding hydrogens is 212 g/mol. The predicted octanol–water partition coefficient (Wildman–Crippen LogP) is 2.58. The molecule has 0 aliphatic carbocycles. The highest BCUT2D eigenvalue weighted by Gasteiger charge is 2.33. The van der Waals surface area contributed by atoms with Gasteiger partial charge in [0, 0.05) is 13.6 Å². The highest BCUT2D eigenvalue weighted by Crippen LogP contribution is 2.23. The van der Waals surface area contributed by atoms with Crippen LogP contribution in [0.2, 0.25) is 0 Å². The van der Waals surface area contributed by atoms with Crippen LogP contribution in [0.3, 0.4) is 0 Å². The standard InChI is InChI=1S/C14H18N2O/c1-4-14(2,11-15)13(17)16(3)10-12-8-6-5-7-9-12/h5-9H,4,10H2,1-3H3. The summed E-state index contributed by atoms with van der Waals surface area (Å²) in [6.45, 7) is 4.09. The predicted molar refractivity (Wildman–Crippen MR) is 66.9 cm³/mol. The first-order chi connectivity index (χ1) is 8.03. The van der Waals surface area contributed by atoms with Crippen molar-refractivity contribution in [1.29, 1.82) is 5.26 Å². The van der Waals surface area contributed by atoms with E-state index in [0.29, 0.717) is 13.0 Å². The highest BCUT2D eigenvalue weighted by molar-refractivity contribution is 5.84. The first-order valence-electron chi connectivity index (χ1n) is 5.74. The molecule has 0 N–H and O–H groups in total. The summed E-state index contributed by atoms with van der Waals surface area (Å²) in [5, 5.41) is 9.07. The van der Waals surface area contributed by atoms with E-state index in [4.69, 9.17) is 5.26 Å². The molecule has 0 saturated carbocycles. The molecule has 1 aromatic carbocycles. The van der Waals surface area contributed by atoms with E-state index in [2.05, 4.69) is 6.07 Å². The summed E-state index contributed by atoms with van der Waals surface area (Å²) in [4.78, 5) is 13.7. The molecule has 17 heavy (non-hydrogen) atoms. The van der Waals surface area contributed by atoms with Crippen LogP contribution in [0.4, 0.5) is 0 Å². The number of carbonyl (C=O) groups excluding carboxylic acids is 1. The van der Waals surface area contributed by atoms with Crippen LogP contribution in [0.1, 0.15) is 25.8 Å². The normalized spacial score (nSPS) is 13.5. The van der Waals surface area contributed by atoms with Crippen molar-refractivity contribution in [2.24, 2.45) is 5.41 Å². The van der Waals surface area contributed by atoms with E-state index >= 15 is 0 Å². The molecule has 1 rings (SSSR count). The van der Waals surface area contributed by atoms with E-state index in [1.165, 1.54) is 0 Å². The Morgan fingerprint density at radius 2 is 2.00 bits per heavy atom. The fourth-order valence-electron chi connectivity index (χ4n) is 1.63. The lowest BCUT2D eigenvalue weighted by molar-refractivity contribution is -0.137. The number of benzene rings is 1. The summed E-state index contributed by atoms with van der Waals surface area (Å²) in [6, 6.07) is 11.9. The second kappa shape index (κ2) is 5.49. The van der Waals surface area contributed by atoms with E-state index in [1.54, 1.807) is 18.9 Å². The van der Waals surface area contributed by atoms with Gasteiger partial charge in [0.15, 0.2) is 0 Å². The van der Waals surface area contributed by atoms with Crippen LogP contribution in [0.15, 0.2) is 30.3 Å². The van der Waals surface area contributed by atoms with Crippen molar-refractivity contribution in [3.63, 3.8) is 0 Å².